The van der Waals surface area contributed by atoms with Crippen LogP contribution in [0.15, 0.2) is 54.6 Å². The molecule has 9 rings (SSSR count). The summed E-state index contributed by atoms with van der Waals surface area (Å²) in [6.07, 6.45) is 2.02. The largest absolute Gasteiger partial charge is 0.486 e. The second-order valence-electron chi connectivity index (χ2n) is 12.0. The summed E-state index contributed by atoms with van der Waals surface area (Å²) in [4.78, 5) is 5.25. The molecular weight excluding hydrogens is 504 g/mol. The fourth-order valence-corrected chi connectivity index (χ4v) is 7.55. The SMILES string of the molecule is CN1C2CN3C(COCc4ccccc4)c4cc5c(cc4CC3c3cc4c(cc3C1(C)C2)OCCO4)OCCO5. The molecule has 4 atom stereocenters. The maximum Gasteiger partial charge on any atom is 0.161 e. The molecule has 208 valence electrons. The first-order valence-electron chi connectivity index (χ1n) is 14.6. The van der Waals surface area contributed by atoms with Gasteiger partial charge in [-0.25, -0.2) is 0 Å². The highest BCUT2D eigenvalue weighted by Gasteiger charge is 2.53. The van der Waals surface area contributed by atoms with E-state index in [4.69, 9.17) is 23.7 Å². The van der Waals surface area contributed by atoms with Crippen molar-refractivity contribution in [2.45, 2.75) is 50.0 Å². The van der Waals surface area contributed by atoms with E-state index in [1.165, 1.54) is 27.8 Å². The van der Waals surface area contributed by atoms with Crippen LogP contribution >= 0.6 is 0 Å². The lowest BCUT2D eigenvalue weighted by Gasteiger charge is -2.61. The minimum atomic E-state index is -0.0195. The van der Waals surface area contributed by atoms with Crippen molar-refractivity contribution in [3.05, 3.63) is 82.4 Å². The Bertz CT molecular complexity index is 1440. The lowest BCUT2D eigenvalue weighted by Crippen LogP contribution is -2.66. The van der Waals surface area contributed by atoms with Gasteiger partial charge < -0.3 is 23.7 Å². The van der Waals surface area contributed by atoms with Crippen LogP contribution < -0.4 is 18.9 Å². The molecule has 2 bridgehead atoms. The molecule has 0 aliphatic carbocycles. The molecule has 0 aromatic heterocycles. The van der Waals surface area contributed by atoms with E-state index in [1.54, 1.807) is 0 Å². The second kappa shape index (κ2) is 9.40. The molecule has 1 saturated heterocycles. The Hall–Kier alpha value is -3.26. The Labute approximate surface area is 235 Å². The van der Waals surface area contributed by atoms with E-state index in [0.29, 0.717) is 45.7 Å². The van der Waals surface area contributed by atoms with Gasteiger partial charge in [0.05, 0.1) is 19.3 Å². The summed E-state index contributed by atoms with van der Waals surface area (Å²) in [7, 11) is 2.27. The number of ether oxygens (including phenoxy) is 5. The maximum absolute atomic E-state index is 6.48. The van der Waals surface area contributed by atoms with Gasteiger partial charge in [0.1, 0.15) is 26.4 Å². The molecular formula is C33H36N2O5. The van der Waals surface area contributed by atoms with Crippen LogP contribution in [0.1, 0.15) is 53.2 Å². The van der Waals surface area contributed by atoms with Crippen molar-refractivity contribution in [3.8, 4) is 23.0 Å². The minimum absolute atomic E-state index is 0.0195. The Morgan fingerprint density at radius 3 is 2.20 bits per heavy atom. The van der Waals surface area contributed by atoms with E-state index in [1.807, 2.05) is 6.07 Å². The van der Waals surface area contributed by atoms with E-state index < -0.39 is 0 Å². The average Bonchev–Trinajstić information content (AvgIpc) is 2.99. The lowest BCUT2D eigenvalue weighted by atomic mass is 9.69. The topological polar surface area (TPSA) is 52.6 Å². The summed E-state index contributed by atoms with van der Waals surface area (Å²) < 4.78 is 30.7. The van der Waals surface area contributed by atoms with E-state index in [9.17, 15) is 0 Å². The molecule has 0 radical (unpaired) electrons. The third kappa shape index (κ3) is 3.82. The molecule has 3 aromatic carbocycles. The first kappa shape index (κ1) is 24.5. The predicted octanol–water partition coefficient (Wildman–Crippen LogP) is 5.02. The van der Waals surface area contributed by atoms with E-state index >= 15 is 0 Å². The van der Waals surface area contributed by atoms with Gasteiger partial charge in [0.25, 0.3) is 0 Å². The molecule has 4 unspecified atom stereocenters. The quantitative estimate of drug-likeness (QED) is 0.461. The smallest absolute Gasteiger partial charge is 0.161 e. The molecule has 1 fully saturated rings. The third-order valence-electron chi connectivity index (χ3n) is 9.80. The van der Waals surface area contributed by atoms with Crippen molar-refractivity contribution in [3.63, 3.8) is 0 Å². The third-order valence-corrected chi connectivity index (χ3v) is 9.80. The Morgan fingerprint density at radius 2 is 1.50 bits per heavy atom. The summed E-state index contributed by atoms with van der Waals surface area (Å²) in [5.74, 6) is 3.42. The van der Waals surface area contributed by atoms with Crippen LogP contribution in [0, 0.1) is 0 Å². The van der Waals surface area contributed by atoms with Crippen LogP contribution in [0.2, 0.25) is 0 Å². The highest BCUT2D eigenvalue weighted by molar-refractivity contribution is 5.55. The second-order valence-corrected chi connectivity index (χ2v) is 12.0. The summed E-state index contributed by atoms with van der Waals surface area (Å²) in [6.45, 7) is 6.91. The van der Waals surface area contributed by atoms with Gasteiger partial charge >= 0.3 is 0 Å². The van der Waals surface area contributed by atoms with Crippen molar-refractivity contribution < 1.29 is 23.7 Å². The highest BCUT2D eigenvalue weighted by atomic mass is 16.6. The minimum Gasteiger partial charge on any atom is -0.486 e. The average molecular weight is 541 g/mol. The van der Waals surface area contributed by atoms with Gasteiger partial charge in [-0.15, -0.1) is 0 Å². The number of fused-ring (bicyclic) bond motifs is 3. The molecule has 6 aliphatic heterocycles. The Balaban J connectivity index is 1.24. The molecule has 3 aromatic rings. The predicted molar refractivity (Wildman–Crippen MR) is 150 cm³/mol. The molecule has 0 amide bonds. The van der Waals surface area contributed by atoms with Gasteiger partial charge in [0.15, 0.2) is 23.0 Å². The number of rotatable bonds is 4. The van der Waals surface area contributed by atoms with Crippen LogP contribution in [0.4, 0.5) is 0 Å². The van der Waals surface area contributed by atoms with Crippen molar-refractivity contribution in [2.75, 3.05) is 46.6 Å². The molecule has 40 heavy (non-hydrogen) atoms. The standard InChI is InChI=1S/C33H36N2O5/c1-33-17-23(34(33)2)18-35-27(25-15-31-32(16-26(25)33)40-11-10-39-31)12-22-13-29-30(38-9-8-37-29)14-24(22)28(35)20-36-19-21-6-4-3-5-7-21/h3-7,13-16,23,27-28H,8-12,17-20H2,1-2H3. The van der Waals surface area contributed by atoms with Gasteiger partial charge in [-0.3, -0.25) is 9.80 Å². The molecule has 6 heterocycles. The van der Waals surface area contributed by atoms with Crippen LogP contribution in [0.5, 0.6) is 23.0 Å². The lowest BCUT2D eigenvalue weighted by molar-refractivity contribution is -0.0898. The van der Waals surface area contributed by atoms with Crippen LogP contribution in [0.3, 0.4) is 0 Å². The normalized spacial score (nSPS) is 28.3. The number of hydrogen-bond acceptors (Lipinski definition) is 7. The van der Waals surface area contributed by atoms with Crippen LogP contribution in [0.25, 0.3) is 0 Å². The van der Waals surface area contributed by atoms with E-state index in [0.717, 1.165) is 42.4 Å². The van der Waals surface area contributed by atoms with Crippen molar-refractivity contribution in [1.29, 1.82) is 0 Å². The van der Waals surface area contributed by atoms with Gasteiger partial charge in [0.2, 0.25) is 0 Å². The monoisotopic (exact) mass is 540 g/mol. The molecule has 0 N–H and O–H groups in total. The zero-order chi connectivity index (χ0) is 26.8. The van der Waals surface area contributed by atoms with Crippen molar-refractivity contribution >= 4 is 0 Å². The number of likely N-dealkylation sites (N-methyl/N-ethyl adjacent to an activating group) is 1. The molecule has 7 heteroatoms. The first-order chi connectivity index (χ1) is 19.6. The van der Waals surface area contributed by atoms with Gasteiger partial charge in [-0.05, 0) is 78.9 Å². The summed E-state index contributed by atoms with van der Waals surface area (Å²) >= 11 is 0. The summed E-state index contributed by atoms with van der Waals surface area (Å²) in [6, 6.07) is 20.2. The van der Waals surface area contributed by atoms with E-state index in [2.05, 4.69) is 72.3 Å². The van der Waals surface area contributed by atoms with Crippen LogP contribution in [-0.2, 0) is 23.3 Å². The maximum atomic E-state index is 6.48. The zero-order valence-electron chi connectivity index (χ0n) is 23.2. The molecule has 0 spiro atoms. The van der Waals surface area contributed by atoms with Crippen molar-refractivity contribution in [2.24, 2.45) is 0 Å². The highest BCUT2D eigenvalue weighted by Crippen LogP contribution is 2.55. The summed E-state index contributed by atoms with van der Waals surface area (Å²) in [5, 5.41) is 0. The van der Waals surface area contributed by atoms with Gasteiger partial charge in [-0.1, -0.05) is 30.3 Å². The first-order valence-corrected chi connectivity index (χ1v) is 14.6. The van der Waals surface area contributed by atoms with E-state index in [-0.39, 0.29) is 17.6 Å². The number of benzene rings is 3. The fourth-order valence-electron chi connectivity index (χ4n) is 7.55. The zero-order valence-corrected chi connectivity index (χ0v) is 23.2. The van der Waals surface area contributed by atoms with Gasteiger partial charge in [0, 0.05) is 24.2 Å². The fraction of sp³-hybridized carbons (Fsp3) is 0.455. The summed E-state index contributed by atoms with van der Waals surface area (Å²) in [5.41, 5.74) is 6.47. The Kier molecular flexibility index (Phi) is 5.76. The number of hydrogen-bond donors (Lipinski definition) is 0. The van der Waals surface area contributed by atoms with Crippen molar-refractivity contribution in [1.82, 2.24) is 9.80 Å². The number of nitrogens with zero attached hydrogens (tertiary/aromatic N) is 2. The Morgan fingerprint density at radius 1 is 0.850 bits per heavy atom. The molecule has 0 saturated carbocycles. The van der Waals surface area contributed by atoms with Gasteiger partial charge in [-0.2, -0.15) is 0 Å². The molecule has 6 aliphatic rings. The molecule has 7 nitrogen and oxygen atoms in total. The van der Waals surface area contributed by atoms with Crippen LogP contribution in [-0.4, -0.2) is 62.5 Å².